The molecule has 28 heavy (non-hydrogen) atoms. The van der Waals surface area contributed by atoms with Crippen LogP contribution in [-0.2, 0) is 6.18 Å². The van der Waals surface area contributed by atoms with Gasteiger partial charge in [-0.1, -0.05) is 12.1 Å². The summed E-state index contributed by atoms with van der Waals surface area (Å²) < 4.78 is 40.1. The Morgan fingerprint density at radius 3 is 2.36 bits per heavy atom. The minimum Gasteiger partial charge on any atom is -0.396 e. The summed E-state index contributed by atoms with van der Waals surface area (Å²) >= 11 is 0. The van der Waals surface area contributed by atoms with E-state index in [1.54, 1.807) is 12.1 Å². The predicted molar refractivity (Wildman–Crippen MR) is 103 cm³/mol. The van der Waals surface area contributed by atoms with Crippen molar-refractivity contribution >= 4 is 28.2 Å². The fraction of sp³-hybridized carbons (Fsp3) is 0.100. The molecule has 3 N–H and O–H groups in total. The van der Waals surface area contributed by atoms with Gasteiger partial charge in [0.1, 0.15) is 11.6 Å². The first-order valence-corrected chi connectivity index (χ1v) is 8.48. The van der Waals surface area contributed by atoms with E-state index in [-0.39, 0.29) is 0 Å². The number of benzene rings is 2. The lowest BCUT2D eigenvalue weighted by Gasteiger charge is -2.13. The number of para-hydroxylation sites is 2. The SMILES string of the molecule is Cc1nc2ccccc2n1-c1ccc(N)c(Nc2ccc(C(F)(F)F)cc2)n1. The molecule has 0 fully saturated rings. The van der Waals surface area contributed by atoms with Crippen LogP contribution in [0.2, 0.25) is 0 Å². The molecule has 0 atom stereocenters. The van der Waals surface area contributed by atoms with E-state index in [1.807, 2.05) is 35.8 Å². The summed E-state index contributed by atoms with van der Waals surface area (Å²) in [5, 5.41) is 2.98. The molecule has 0 saturated heterocycles. The van der Waals surface area contributed by atoms with Gasteiger partial charge in [0.15, 0.2) is 5.82 Å². The number of hydrogen-bond donors (Lipinski definition) is 2. The van der Waals surface area contributed by atoms with Crippen LogP contribution in [0.1, 0.15) is 11.4 Å². The zero-order valence-corrected chi connectivity index (χ0v) is 14.8. The van der Waals surface area contributed by atoms with E-state index in [0.717, 1.165) is 29.0 Å². The third-order valence-corrected chi connectivity index (χ3v) is 4.34. The van der Waals surface area contributed by atoms with E-state index in [2.05, 4.69) is 15.3 Å². The molecular weight excluding hydrogens is 367 g/mol. The topological polar surface area (TPSA) is 68.8 Å². The zero-order valence-electron chi connectivity index (χ0n) is 14.8. The number of alkyl halides is 3. The van der Waals surface area contributed by atoms with Crippen molar-refractivity contribution < 1.29 is 13.2 Å². The predicted octanol–water partition coefficient (Wildman–Crippen LogP) is 5.07. The fourth-order valence-electron chi connectivity index (χ4n) is 3.00. The highest BCUT2D eigenvalue weighted by Crippen LogP contribution is 2.31. The summed E-state index contributed by atoms with van der Waals surface area (Å²) in [5.74, 6) is 1.73. The maximum atomic E-state index is 12.7. The monoisotopic (exact) mass is 383 g/mol. The summed E-state index contributed by atoms with van der Waals surface area (Å²) in [6.07, 6.45) is -4.38. The van der Waals surface area contributed by atoms with Gasteiger partial charge in [-0.25, -0.2) is 9.97 Å². The highest BCUT2D eigenvalue weighted by molar-refractivity contribution is 5.78. The average molecular weight is 383 g/mol. The van der Waals surface area contributed by atoms with E-state index >= 15 is 0 Å². The van der Waals surface area contributed by atoms with Crippen LogP contribution >= 0.6 is 0 Å². The zero-order chi connectivity index (χ0) is 19.9. The molecule has 8 heteroatoms. The van der Waals surface area contributed by atoms with Crippen LogP contribution in [0.5, 0.6) is 0 Å². The van der Waals surface area contributed by atoms with E-state index < -0.39 is 11.7 Å². The number of imidazole rings is 1. The summed E-state index contributed by atoms with van der Waals surface area (Å²) in [6, 6.07) is 15.9. The number of anilines is 3. The van der Waals surface area contributed by atoms with Crippen molar-refractivity contribution in [2.75, 3.05) is 11.1 Å². The molecule has 0 aliphatic rings. The number of nitrogen functional groups attached to an aromatic ring is 1. The average Bonchev–Trinajstić information content (AvgIpc) is 2.99. The molecule has 142 valence electrons. The van der Waals surface area contributed by atoms with E-state index in [4.69, 9.17) is 5.73 Å². The standard InChI is InChI=1S/C20H16F3N5/c1-12-25-16-4-2-3-5-17(16)28(12)18-11-10-15(24)19(27-18)26-14-8-6-13(7-9-14)20(21,22)23/h2-11H,24H2,1H3,(H,26,27). The van der Waals surface area contributed by atoms with Gasteiger partial charge in [0.05, 0.1) is 22.3 Å². The highest BCUT2D eigenvalue weighted by Gasteiger charge is 2.29. The normalized spacial score (nSPS) is 11.7. The Kier molecular flexibility index (Phi) is 4.18. The lowest BCUT2D eigenvalue weighted by molar-refractivity contribution is -0.137. The van der Waals surface area contributed by atoms with Crippen molar-refractivity contribution in [2.45, 2.75) is 13.1 Å². The second-order valence-electron chi connectivity index (χ2n) is 6.29. The summed E-state index contributed by atoms with van der Waals surface area (Å²) in [6.45, 7) is 1.88. The fourth-order valence-corrected chi connectivity index (χ4v) is 3.00. The van der Waals surface area contributed by atoms with Crippen LogP contribution in [0.25, 0.3) is 16.9 Å². The number of aryl methyl sites for hydroxylation is 1. The van der Waals surface area contributed by atoms with Crippen molar-refractivity contribution in [3.63, 3.8) is 0 Å². The molecule has 0 unspecified atom stereocenters. The van der Waals surface area contributed by atoms with Crippen LogP contribution in [-0.4, -0.2) is 14.5 Å². The number of halogens is 3. The summed E-state index contributed by atoms with van der Waals surface area (Å²) in [7, 11) is 0. The second kappa shape index (κ2) is 6.56. The molecule has 2 aromatic carbocycles. The van der Waals surface area contributed by atoms with Crippen molar-refractivity contribution in [3.05, 3.63) is 72.1 Å². The molecule has 2 heterocycles. The molecule has 0 bridgehead atoms. The molecule has 4 aromatic rings. The maximum Gasteiger partial charge on any atom is 0.416 e. The molecular formula is C20H16F3N5. The summed E-state index contributed by atoms with van der Waals surface area (Å²) in [5.41, 5.74) is 7.88. The Labute approximate surface area is 158 Å². The summed E-state index contributed by atoms with van der Waals surface area (Å²) in [4.78, 5) is 9.08. The molecule has 0 aliphatic carbocycles. The number of nitrogens with one attached hydrogen (secondary N) is 1. The van der Waals surface area contributed by atoms with Crippen LogP contribution in [0.15, 0.2) is 60.7 Å². The largest absolute Gasteiger partial charge is 0.416 e. The minimum absolute atomic E-state index is 0.356. The van der Waals surface area contributed by atoms with Crippen molar-refractivity contribution in [1.29, 1.82) is 0 Å². The van der Waals surface area contributed by atoms with Crippen molar-refractivity contribution in [2.24, 2.45) is 0 Å². The molecule has 5 nitrogen and oxygen atoms in total. The number of nitrogens with two attached hydrogens (primary N) is 1. The lowest BCUT2D eigenvalue weighted by atomic mass is 10.2. The number of fused-ring (bicyclic) bond motifs is 1. The Morgan fingerprint density at radius 1 is 0.929 bits per heavy atom. The van der Waals surface area contributed by atoms with E-state index in [1.165, 1.54) is 12.1 Å². The minimum atomic E-state index is -4.38. The van der Waals surface area contributed by atoms with Crippen LogP contribution in [0.3, 0.4) is 0 Å². The Morgan fingerprint density at radius 2 is 1.64 bits per heavy atom. The van der Waals surface area contributed by atoms with Crippen LogP contribution in [0, 0.1) is 6.92 Å². The molecule has 0 saturated carbocycles. The first-order valence-electron chi connectivity index (χ1n) is 8.48. The number of pyridine rings is 1. The highest BCUT2D eigenvalue weighted by atomic mass is 19.4. The van der Waals surface area contributed by atoms with Gasteiger partial charge in [0, 0.05) is 5.69 Å². The Bertz CT molecular complexity index is 1150. The van der Waals surface area contributed by atoms with Gasteiger partial charge < -0.3 is 11.1 Å². The maximum absolute atomic E-state index is 12.7. The van der Waals surface area contributed by atoms with Gasteiger partial charge >= 0.3 is 6.18 Å². The van der Waals surface area contributed by atoms with Crippen LogP contribution < -0.4 is 11.1 Å². The first kappa shape index (κ1) is 17.8. The molecule has 2 aromatic heterocycles. The van der Waals surface area contributed by atoms with Crippen LogP contribution in [0.4, 0.5) is 30.4 Å². The second-order valence-corrected chi connectivity index (χ2v) is 6.29. The molecule has 4 rings (SSSR count). The smallest absolute Gasteiger partial charge is 0.396 e. The van der Waals surface area contributed by atoms with E-state index in [0.29, 0.717) is 23.0 Å². The van der Waals surface area contributed by atoms with Gasteiger partial charge in [-0.2, -0.15) is 13.2 Å². The molecule has 0 aliphatic heterocycles. The number of aromatic nitrogens is 3. The van der Waals surface area contributed by atoms with Crippen molar-refractivity contribution in [1.82, 2.24) is 14.5 Å². The number of nitrogens with zero attached hydrogens (tertiary/aromatic N) is 3. The third-order valence-electron chi connectivity index (χ3n) is 4.34. The molecule has 0 spiro atoms. The number of rotatable bonds is 3. The Balaban J connectivity index is 1.71. The van der Waals surface area contributed by atoms with Gasteiger partial charge in [-0.05, 0) is 55.5 Å². The first-order chi connectivity index (χ1) is 13.3. The van der Waals surface area contributed by atoms with E-state index in [9.17, 15) is 13.2 Å². The van der Waals surface area contributed by atoms with Gasteiger partial charge in [-0.3, -0.25) is 4.57 Å². The number of hydrogen-bond acceptors (Lipinski definition) is 4. The Hall–Kier alpha value is -3.55. The quantitative estimate of drug-likeness (QED) is 0.518. The third kappa shape index (κ3) is 3.24. The molecule has 0 radical (unpaired) electrons. The lowest BCUT2D eigenvalue weighted by Crippen LogP contribution is -2.06. The van der Waals surface area contributed by atoms with Crippen molar-refractivity contribution in [3.8, 4) is 5.82 Å². The van der Waals surface area contributed by atoms with Gasteiger partial charge in [0.25, 0.3) is 0 Å². The van der Waals surface area contributed by atoms with Gasteiger partial charge in [-0.15, -0.1) is 0 Å². The molecule has 0 amide bonds. The van der Waals surface area contributed by atoms with Gasteiger partial charge in [0.2, 0.25) is 0 Å².